The number of methoxy groups -OCH3 is 1. The van der Waals surface area contributed by atoms with E-state index in [0.717, 1.165) is 24.3 Å². The summed E-state index contributed by atoms with van der Waals surface area (Å²) in [6, 6.07) is 7.23. The zero-order chi connectivity index (χ0) is 14.8. The number of ether oxygens (including phenoxy) is 1. The van der Waals surface area contributed by atoms with Crippen LogP contribution in [-0.4, -0.2) is 25.6 Å². The van der Waals surface area contributed by atoms with Crippen LogP contribution in [0.15, 0.2) is 36.9 Å². The maximum Gasteiger partial charge on any atom is 0.242 e. The minimum Gasteiger partial charge on any atom is -0.497 e. The van der Waals surface area contributed by atoms with E-state index in [1.807, 2.05) is 24.3 Å². The van der Waals surface area contributed by atoms with Gasteiger partial charge >= 0.3 is 0 Å². The average Bonchev–Trinajstić information content (AvgIpc) is 2.47. The first-order valence-electron chi connectivity index (χ1n) is 7.00. The number of carbonyl (C=O) groups is 1. The lowest BCUT2D eigenvalue weighted by Gasteiger charge is -2.18. The van der Waals surface area contributed by atoms with Crippen LogP contribution in [-0.2, 0) is 4.79 Å². The molecule has 0 aromatic heterocycles. The lowest BCUT2D eigenvalue weighted by molar-refractivity contribution is -0.121. The number of benzene rings is 1. The summed E-state index contributed by atoms with van der Waals surface area (Å²) in [6.45, 7) is 6.52. The molecule has 0 heterocycles. The van der Waals surface area contributed by atoms with Crippen LogP contribution in [0.4, 0.5) is 5.69 Å². The van der Waals surface area contributed by atoms with E-state index in [4.69, 9.17) is 4.74 Å². The number of rotatable bonds is 9. The number of hydrogen-bond acceptors (Lipinski definition) is 3. The highest BCUT2D eigenvalue weighted by Crippen LogP contribution is 2.16. The second kappa shape index (κ2) is 9.02. The molecule has 0 spiro atoms. The van der Waals surface area contributed by atoms with Crippen molar-refractivity contribution < 1.29 is 9.53 Å². The number of carbonyl (C=O) groups excluding carboxylic acids is 1. The van der Waals surface area contributed by atoms with E-state index in [0.29, 0.717) is 13.0 Å². The first kappa shape index (κ1) is 16.1. The van der Waals surface area contributed by atoms with Gasteiger partial charge in [0.1, 0.15) is 11.8 Å². The van der Waals surface area contributed by atoms with Crippen LogP contribution < -0.4 is 15.4 Å². The van der Waals surface area contributed by atoms with Crippen molar-refractivity contribution in [3.05, 3.63) is 36.9 Å². The summed E-state index contributed by atoms with van der Waals surface area (Å²) in [5.74, 6) is 0.803. The fourth-order valence-electron chi connectivity index (χ4n) is 1.80. The molecule has 1 atom stereocenters. The van der Waals surface area contributed by atoms with Crippen molar-refractivity contribution in [2.24, 2.45) is 0 Å². The standard InChI is InChI=1S/C16H24N2O2/c1-4-6-12-17-16(19)15(7-5-2)18-13-8-10-14(20-3)11-9-13/h5,8-11,15,18H,2,4,6-7,12H2,1,3H3,(H,17,19). The third-order valence-electron chi connectivity index (χ3n) is 2.98. The van der Waals surface area contributed by atoms with E-state index in [1.165, 1.54) is 0 Å². The largest absolute Gasteiger partial charge is 0.497 e. The number of anilines is 1. The fourth-order valence-corrected chi connectivity index (χ4v) is 1.80. The van der Waals surface area contributed by atoms with Crippen LogP contribution in [0.3, 0.4) is 0 Å². The van der Waals surface area contributed by atoms with Crippen molar-refractivity contribution in [3.63, 3.8) is 0 Å². The van der Waals surface area contributed by atoms with Crippen LogP contribution in [0.2, 0.25) is 0 Å². The maximum absolute atomic E-state index is 12.1. The van der Waals surface area contributed by atoms with Crippen molar-refractivity contribution in [3.8, 4) is 5.75 Å². The molecule has 0 radical (unpaired) electrons. The molecule has 0 saturated carbocycles. The Balaban J connectivity index is 2.60. The van der Waals surface area contributed by atoms with Gasteiger partial charge in [-0.05, 0) is 37.1 Å². The average molecular weight is 276 g/mol. The normalized spacial score (nSPS) is 11.5. The third-order valence-corrected chi connectivity index (χ3v) is 2.98. The summed E-state index contributed by atoms with van der Waals surface area (Å²) in [4.78, 5) is 12.1. The fraction of sp³-hybridized carbons (Fsp3) is 0.438. The first-order valence-corrected chi connectivity index (χ1v) is 7.00. The molecule has 1 aromatic carbocycles. The molecule has 1 unspecified atom stereocenters. The summed E-state index contributed by atoms with van der Waals surface area (Å²) >= 11 is 0. The van der Waals surface area contributed by atoms with Gasteiger partial charge in [0.15, 0.2) is 0 Å². The number of nitrogens with one attached hydrogen (secondary N) is 2. The van der Waals surface area contributed by atoms with Crippen LogP contribution >= 0.6 is 0 Å². The van der Waals surface area contributed by atoms with E-state index < -0.39 is 0 Å². The molecule has 1 amide bonds. The quantitative estimate of drug-likeness (QED) is 0.538. The molecule has 0 bridgehead atoms. The molecule has 110 valence electrons. The minimum atomic E-state index is -0.294. The van der Waals surface area contributed by atoms with Gasteiger partial charge in [0.2, 0.25) is 5.91 Å². The van der Waals surface area contributed by atoms with E-state index in [-0.39, 0.29) is 11.9 Å². The number of unbranched alkanes of at least 4 members (excludes halogenated alkanes) is 1. The van der Waals surface area contributed by atoms with Crippen molar-refractivity contribution in [2.45, 2.75) is 32.2 Å². The monoisotopic (exact) mass is 276 g/mol. The van der Waals surface area contributed by atoms with Gasteiger partial charge < -0.3 is 15.4 Å². The van der Waals surface area contributed by atoms with Crippen molar-refractivity contribution in [2.75, 3.05) is 19.0 Å². The molecule has 0 saturated heterocycles. The third kappa shape index (κ3) is 5.34. The van der Waals surface area contributed by atoms with Gasteiger partial charge in [-0.1, -0.05) is 19.4 Å². The Morgan fingerprint density at radius 3 is 2.65 bits per heavy atom. The topological polar surface area (TPSA) is 50.4 Å². The van der Waals surface area contributed by atoms with E-state index in [9.17, 15) is 4.79 Å². The molecular formula is C16H24N2O2. The van der Waals surface area contributed by atoms with E-state index >= 15 is 0 Å². The van der Waals surface area contributed by atoms with Crippen LogP contribution in [0.1, 0.15) is 26.2 Å². The zero-order valence-corrected chi connectivity index (χ0v) is 12.3. The smallest absolute Gasteiger partial charge is 0.242 e. The molecule has 4 heteroatoms. The van der Waals surface area contributed by atoms with Crippen LogP contribution in [0.5, 0.6) is 5.75 Å². The Bertz CT molecular complexity index is 415. The molecule has 20 heavy (non-hydrogen) atoms. The molecule has 0 aliphatic heterocycles. The molecule has 1 rings (SSSR count). The Morgan fingerprint density at radius 1 is 1.40 bits per heavy atom. The van der Waals surface area contributed by atoms with Gasteiger partial charge in [0.25, 0.3) is 0 Å². The number of amides is 1. The molecule has 0 fully saturated rings. The van der Waals surface area contributed by atoms with Gasteiger partial charge in [-0.2, -0.15) is 0 Å². The van der Waals surface area contributed by atoms with Gasteiger partial charge in [0.05, 0.1) is 7.11 Å². The maximum atomic E-state index is 12.1. The minimum absolute atomic E-state index is 0.00849. The van der Waals surface area contributed by atoms with Gasteiger partial charge in [-0.3, -0.25) is 4.79 Å². The van der Waals surface area contributed by atoms with Crippen LogP contribution in [0, 0.1) is 0 Å². The van der Waals surface area contributed by atoms with Gasteiger partial charge in [-0.25, -0.2) is 0 Å². The summed E-state index contributed by atoms with van der Waals surface area (Å²) in [5.41, 5.74) is 0.892. The van der Waals surface area contributed by atoms with Crippen molar-refractivity contribution in [1.82, 2.24) is 5.32 Å². The molecule has 2 N–H and O–H groups in total. The second-order valence-electron chi connectivity index (χ2n) is 4.59. The highest BCUT2D eigenvalue weighted by molar-refractivity contribution is 5.84. The Labute approximate surface area is 121 Å². The summed E-state index contributed by atoms with van der Waals surface area (Å²) < 4.78 is 5.11. The lowest BCUT2D eigenvalue weighted by atomic mass is 10.1. The van der Waals surface area contributed by atoms with Crippen molar-refractivity contribution in [1.29, 1.82) is 0 Å². The Morgan fingerprint density at radius 2 is 2.10 bits per heavy atom. The first-order chi connectivity index (χ1) is 9.71. The Kier molecular flexibility index (Phi) is 7.25. The summed E-state index contributed by atoms with van der Waals surface area (Å²) in [5, 5.41) is 6.16. The molecular weight excluding hydrogens is 252 g/mol. The highest BCUT2D eigenvalue weighted by Gasteiger charge is 2.16. The summed E-state index contributed by atoms with van der Waals surface area (Å²) in [6.07, 6.45) is 4.40. The van der Waals surface area contributed by atoms with E-state index in [1.54, 1.807) is 13.2 Å². The predicted octanol–water partition coefficient (Wildman–Crippen LogP) is 2.97. The van der Waals surface area contributed by atoms with Crippen molar-refractivity contribution >= 4 is 11.6 Å². The predicted molar refractivity (Wildman–Crippen MR) is 83.1 cm³/mol. The molecule has 1 aromatic rings. The van der Waals surface area contributed by atoms with Gasteiger partial charge in [0, 0.05) is 12.2 Å². The lowest BCUT2D eigenvalue weighted by Crippen LogP contribution is -2.39. The van der Waals surface area contributed by atoms with E-state index in [2.05, 4.69) is 24.1 Å². The second-order valence-corrected chi connectivity index (χ2v) is 4.59. The number of hydrogen-bond donors (Lipinski definition) is 2. The SMILES string of the molecule is C=CCC(Nc1ccc(OC)cc1)C(=O)NCCCC. The molecule has 4 nitrogen and oxygen atoms in total. The van der Waals surface area contributed by atoms with Gasteiger partial charge in [-0.15, -0.1) is 6.58 Å². The highest BCUT2D eigenvalue weighted by atomic mass is 16.5. The zero-order valence-electron chi connectivity index (χ0n) is 12.3. The molecule has 0 aliphatic rings. The Hall–Kier alpha value is -1.97. The molecule has 0 aliphatic carbocycles. The summed E-state index contributed by atoms with van der Waals surface area (Å²) in [7, 11) is 1.63. The van der Waals surface area contributed by atoms with Crippen LogP contribution in [0.25, 0.3) is 0 Å².